The summed E-state index contributed by atoms with van der Waals surface area (Å²) < 4.78 is 1.21. The molecule has 1 heterocycles. The second-order valence-corrected chi connectivity index (χ2v) is 5.42. The van der Waals surface area contributed by atoms with Crippen molar-refractivity contribution in [2.75, 3.05) is 5.48 Å². The first-order chi connectivity index (χ1) is 10.0. The second-order valence-electron chi connectivity index (χ2n) is 5.42. The molecule has 3 rings (SSSR count). The zero-order chi connectivity index (χ0) is 15.1. The Morgan fingerprint density at radius 3 is 2.71 bits per heavy atom. The average molecular weight is 295 g/mol. The number of nitrogens with zero attached hydrogens (tertiary/aromatic N) is 2. The monoisotopic (exact) mass is 295 g/mol. The molecule has 5 N–H and O–H groups in total. The van der Waals surface area contributed by atoms with Crippen LogP contribution in [-0.4, -0.2) is 48.4 Å². The molecular formula is C13H17N3O5. The van der Waals surface area contributed by atoms with Gasteiger partial charge in [-0.3, -0.25) is 15.3 Å². The van der Waals surface area contributed by atoms with Crippen LogP contribution < -0.4 is 11.2 Å². The summed E-state index contributed by atoms with van der Waals surface area (Å²) in [7, 11) is 0. The van der Waals surface area contributed by atoms with E-state index in [-0.39, 0.29) is 5.82 Å². The molecule has 1 fully saturated rings. The standard InChI is InChI=1S/C13H17N3O5/c17-7-3-1-2-6-9(7)11(18)12(19)10(6)16-5-4-8(15-21)14-13(16)20/h2,4-5,7,9-12,17-19,21H,1,3H2,(H,14,15,20)/t7-,9-,10-,11-,12+/m1/s1. The van der Waals surface area contributed by atoms with Crippen LogP contribution in [-0.2, 0) is 0 Å². The third kappa shape index (κ3) is 2.16. The molecule has 21 heavy (non-hydrogen) atoms. The summed E-state index contributed by atoms with van der Waals surface area (Å²) in [6.45, 7) is 0. The number of rotatable bonds is 2. The zero-order valence-electron chi connectivity index (χ0n) is 11.1. The van der Waals surface area contributed by atoms with E-state index in [1.54, 1.807) is 5.48 Å². The quantitative estimate of drug-likeness (QED) is 0.350. The van der Waals surface area contributed by atoms with E-state index < -0.39 is 36.0 Å². The van der Waals surface area contributed by atoms with Crippen LogP contribution in [0.5, 0.6) is 0 Å². The minimum Gasteiger partial charge on any atom is -0.392 e. The lowest BCUT2D eigenvalue weighted by atomic mass is 9.85. The molecular weight excluding hydrogens is 278 g/mol. The van der Waals surface area contributed by atoms with Crippen LogP contribution in [0.4, 0.5) is 5.82 Å². The summed E-state index contributed by atoms with van der Waals surface area (Å²) in [5.74, 6) is -0.570. The van der Waals surface area contributed by atoms with Gasteiger partial charge < -0.3 is 15.3 Å². The average Bonchev–Trinajstić information content (AvgIpc) is 2.72. The van der Waals surface area contributed by atoms with Crippen molar-refractivity contribution in [3.05, 3.63) is 34.4 Å². The largest absolute Gasteiger partial charge is 0.392 e. The number of aliphatic hydroxyl groups is 3. The highest BCUT2D eigenvalue weighted by molar-refractivity contribution is 5.31. The van der Waals surface area contributed by atoms with Gasteiger partial charge in [0, 0.05) is 12.1 Å². The maximum absolute atomic E-state index is 12.0. The molecule has 0 aliphatic heterocycles. The molecule has 0 spiro atoms. The lowest BCUT2D eigenvalue weighted by molar-refractivity contribution is -0.0262. The number of hydrogen-bond donors (Lipinski definition) is 5. The fraction of sp³-hybridized carbons (Fsp3) is 0.538. The van der Waals surface area contributed by atoms with Crippen LogP contribution in [0.15, 0.2) is 28.7 Å². The predicted octanol–water partition coefficient (Wildman–Crippen LogP) is -0.982. The van der Waals surface area contributed by atoms with Crippen molar-refractivity contribution in [3.63, 3.8) is 0 Å². The Morgan fingerprint density at radius 1 is 1.29 bits per heavy atom. The highest BCUT2D eigenvalue weighted by Gasteiger charge is 2.50. The van der Waals surface area contributed by atoms with E-state index in [1.165, 1.54) is 16.8 Å². The van der Waals surface area contributed by atoms with Gasteiger partial charge in [0.1, 0.15) is 6.10 Å². The van der Waals surface area contributed by atoms with Crippen molar-refractivity contribution in [1.82, 2.24) is 9.55 Å². The first-order valence-electron chi connectivity index (χ1n) is 6.78. The molecule has 2 aliphatic rings. The Bertz CT molecular complexity index is 628. The van der Waals surface area contributed by atoms with Crippen LogP contribution in [0.25, 0.3) is 0 Å². The lowest BCUT2D eigenvalue weighted by Gasteiger charge is -2.27. The number of aliphatic hydroxyl groups excluding tert-OH is 3. The van der Waals surface area contributed by atoms with Gasteiger partial charge in [-0.15, -0.1) is 0 Å². The third-order valence-electron chi connectivity index (χ3n) is 4.27. The molecule has 0 bridgehead atoms. The van der Waals surface area contributed by atoms with Gasteiger partial charge in [0.05, 0.1) is 18.2 Å². The van der Waals surface area contributed by atoms with E-state index in [0.717, 1.165) is 0 Å². The van der Waals surface area contributed by atoms with Crippen molar-refractivity contribution < 1.29 is 20.5 Å². The van der Waals surface area contributed by atoms with Gasteiger partial charge in [0.2, 0.25) is 0 Å². The molecule has 0 aromatic carbocycles. The fourth-order valence-corrected chi connectivity index (χ4v) is 3.31. The van der Waals surface area contributed by atoms with Crippen molar-refractivity contribution >= 4 is 5.82 Å². The predicted molar refractivity (Wildman–Crippen MR) is 71.8 cm³/mol. The fourth-order valence-electron chi connectivity index (χ4n) is 3.31. The molecule has 2 aliphatic carbocycles. The van der Waals surface area contributed by atoms with E-state index in [0.29, 0.717) is 18.4 Å². The lowest BCUT2D eigenvalue weighted by Crippen LogP contribution is -2.36. The van der Waals surface area contributed by atoms with Crippen LogP contribution in [0.2, 0.25) is 0 Å². The van der Waals surface area contributed by atoms with Crippen LogP contribution in [0.1, 0.15) is 18.9 Å². The molecule has 1 saturated carbocycles. The molecule has 0 unspecified atom stereocenters. The number of allylic oxidation sites excluding steroid dienone is 1. The van der Waals surface area contributed by atoms with Crippen molar-refractivity contribution in [2.45, 2.75) is 37.2 Å². The minimum atomic E-state index is -1.19. The molecule has 0 amide bonds. The summed E-state index contributed by atoms with van der Waals surface area (Å²) >= 11 is 0. The van der Waals surface area contributed by atoms with Gasteiger partial charge in [0.15, 0.2) is 5.82 Å². The van der Waals surface area contributed by atoms with Gasteiger partial charge in [-0.25, -0.2) is 4.79 Å². The van der Waals surface area contributed by atoms with Gasteiger partial charge in [0.25, 0.3) is 0 Å². The van der Waals surface area contributed by atoms with Crippen molar-refractivity contribution in [2.24, 2.45) is 5.92 Å². The normalized spacial score (nSPS) is 35.2. The number of nitrogens with one attached hydrogen (secondary N) is 1. The summed E-state index contributed by atoms with van der Waals surface area (Å²) in [6, 6.07) is 0.626. The first-order valence-corrected chi connectivity index (χ1v) is 6.78. The molecule has 1 aromatic heterocycles. The van der Waals surface area contributed by atoms with Gasteiger partial charge >= 0.3 is 5.69 Å². The Labute approximate surface area is 120 Å². The van der Waals surface area contributed by atoms with E-state index in [1.807, 2.05) is 6.08 Å². The highest BCUT2D eigenvalue weighted by Crippen LogP contribution is 2.44. The summed E-state index contributed by atoms with van der Waals surface area (Å²) in [5, 5.41) is 39.2. The highest BCUT2D eigenvalue weighted by atomic mass is 16.5. The van der Waals surface area contributed by atoms with Crippen LogP contribution >= 0.6 is 0 Å². The maximum Gasteiger partial charge on any atom is 0.350 e. The smallest absolute Gasteiger partial charge is 0.350 e. The molecule has 5 atom stereocenters. The molecule has 0 radical (unpaired) electrons. The van der Waals surface area contributed by atoms with Crippen molar-refractivity contribution in [1.29, 1.82) is 0 Å². The zero-order valence-corrected chi connectivity index (χ0v) is 11.1. The summed E-state index contributed by atoms with van der Waals surface area (Å²) in [4.78, 5) is 15.6. The molecule has 114 valence electrons. The third-order valence-corrected chi connectivity index (χ3v) is 4.27. The minimum absolute atomic E-state index is 0.00139. The van der Waals surface area contributed by atoms with E-state index in [2.05, 4.69) is 4.98 Å². The van der Waals surface area contributed by atoms with Gasteiger partial charge in [-0.2, -0.15) is 4.98 Å². The topological polar surface area (TPSA) is 128 Å². The molecule has 0 saturated heterocycles. The first kappa shape index (κ1) is 14.2. The Kier molecular flexibility index (Phi) is 3.54. The number of hydrogen-bond acceptors (Lipinski definition) is 7. The van der Waals surface area contributed by atoms with E-state index >= 15 is 0 Å². The van der Waals surface area contributed by atoms with Crippen LogP contribution in [0, 0.1) is 5.92 Å². The molecule has 1 aromatic rings. The maximum atomic E-state index is 12.0. The van der Waals surface area contributed by atoms with Gasteiger partial charge in [-0.1, -0.05) is 6.08 Å². The molecule has 8 heteroatoms. The number of aromatic nitrogens is 2. The van der Waals surface area contributed by atoms with E-state index in [4.69, 9.17) is 5.21 Å². The number of anilines is 1. The second kappa shape index (κ2) is 5.23. The van der Waals surface area contributed by atoms with E-state index in [9.17, 15) is 20.1 Å². The van der Waals surface area contributed by atoms with Gasteiger partial charge in [-0.05, 0) is 24.5 Å². The SMILES string of the molecule is O=c1nc(NO)ccn1[C@@H]1C2=CCC[C@@H](O)[C@@H]2[C@@H](O)[C@H]1O. The number of fused-ring (bicyclic) bond motifs is 1. The molecule has 8 nitrogen and oxygen atoms in total. The van der Waals surface area contributed by atoms with Crippen molar-refractivity contribution in [3.8, 4) is 0 Å². The Balaban J connectivity index is 2.05. The van der Waals surface area contributed by atoms with Crippen LogP contribution in [0.3, 0.4) is 0 Å². The Morgan fingerprint density at radius 2 is 2.05 bits per heavy atom. The Hall–Kier alpha value is -1.74. The summed E-state index contributed by atoms with van der Waals surface area (Å²) in [6.07, 6.45) is 1.33. The summed E-state index contributed by atoms with van der Waals surface area (Å²) in [5.41, 5.74) is 1.77.